The van der Waals surface area contributed by atoms with Gasteiger partial charge in [0.25, 0.3) is 0 Å². The minimum atomic E-state index is -0.456. The second kappa shape index (κ2) is 43.3. The van der Waals surface area contributed by atoms with E-state index in [2.05, 4.69) is 19.2 Å². The number of hydrogen-bond acceptors (Lipinski definition) is 5. The Hall–Kier alpha value is -0.850. The number of aliphatic hydroxyl groups is 1. The van der Waals surface area contributed by atoms with Crippen molar-refractivity contribution in [1.29, 1.82) is 0 Å². The average Bonchev–Trinajstić information content (AvgIpc) is 3.11. The molecule has 0 fully saturated rings. The standard InChI is InChI=1S/C43H87NO5/c1-3-5-7-9-11-13-15-17-19-21-23-25-27-29-31-33-38-47-40-42(41-49-43(46)44-36-35-37-45)48-39-34-32-30-28-26-24-22-20-18-16-14-12-10-8-6-4-2/h42,45H,3-41H2,1-2H3,(H,44,46). The fourth-order valence-corrected chi connectivity index (χ4v) is 6.50. The summed E-state index contributed by atoms with van der Waals surface area (Å²) in [7, 11) is 0. The molecule has 0 aliphatic rings. The fraction of sp³-hybridized carbons (Fsp3) is 0.977. The molecule has 0 aliphatic carbocycles. The van der Waals surface area contributed by atoms with Crippen molar-refractivity contribution in [3.05, 3.63) is 0 Å². The maximum absolute atomic E-state index is 12.0. The maximum Gasteiger partial charge on any atom is 0.407 e. The Balaban J connectivity index is 3.80. The van der Waals surface area contributed by atoms with Crippen molar-refractivity contribution in [2.24, 2.45) is 0 Å². The normalized spacial score (nSPS) is 12.1. The first-order chi connectivity index (χ1) is 24.2. The summed E-state index contributed by atoms with van der Waals surface area (Å²) in [5.74, 6) is 0. The molecule has 0 saturated carbocycles. The van der Waals surface area contributed by atoms with Crippen molar-refractivity contribution in [2.75, 3.05) is 39.6 Å². The number of carbonyl (C=O) groups is 1. The molecule has 0 aromatic carbocycles. The molecule has 6 heteroatoms. The number of ether oxygens (including phenoxy) is 3. The predicted octanol–water partition coefficient (Wildman–Crippen LogP) is 13.0. The maximum atomic E-state index is 12.0. The lowest BCUT2D eigenvalue weighted by Gasteiger charge is -2.18. The van der Waals surface area contributed by atoms with Gasteiger partial charge >= 0.3 is 6.09 Å². The zero-order valence-electron chi connectivity index (χ0n) is 33.2. The zero-order chi connectivity index (χ0) is 35.6. The van der Waals surface area contributed by atoms with Crippen LogP contribution >= 0.6 is 0 Å². The van der Waals surface area contributed by atoms with E-state index in [1.54, 1.807) is 0 Å². The second-order valence-electron chi connectivity index (χ2n) is 14.8. The van der Waals surface area contributed by atoms with E-state index in [9.17, 15) is 4.79 Å². The van der Waals surface area contributed by atoms with Crippen LogP contribution in [0.15, 0.2) is 0 Å². The van der Waals surface area contributed by atoms with E-state index >= 15 is 0 Å². The highest BCUT2D eigenvalue weighted by Crippen LogP contribution is 2.15. The van der Waals surface area contributed by atoms with Crippen LogP contribution in [0.1, 0.15) is 226 Å². The first-order valence-corrected chi connectivity index (χ1v) is 21.9. The molecule has 1 atom stereocenters. The Labute approximate surface area is 306 Å². The Kier molecular flexibility index (Phi) is 42.6. The Bertz CT molecular complexity index is 619. The number of aliphatic hydroxyl groups excluding tert-OH is 1. The van der Waals surface area contributed by atoms with Crippen molar-refractivity contribution >= 4 is 6.09 Å². The van der Waals surface area contributed by atoms with Gasteiger partial charge in [-0.1, -0.05) is 206 Å². The largest absolute Gasteiger partial charge is 0.447 e. The number of hydrogen-bond donors (Lipinski definition) is 2. The zero-order valence-corrected chi connectivity index (χ0v) is 33.2. The van der Waals surface area contributed by atoms with Gasteiger partial charge in [-0.25, -0.2) is 4.79 Å². The molecule has 0 aromatic heterocycles. The molecule has 0 heterocycles. The predicted molar refractivity (Wildman–Crippen MR) is 211 cm³/mol. The van der Waals surface area contributed by atoms with Gasteiger partial charge in [-0.15, -0.1) is 0 Å². The Morgan fingerprint density at radius 3 is 1.18 bits per heavy atom. The lowest BCUT2D eigenvalue weighted by Crippen LogP contribution is -2.32. The molecule has 294 valence electrons. The van der Waals surface area contributed by atoms with Crippen molar-refractivity contribution in [3.63, 3.8) is 0 Å². The van der Waals surface area contributed by atoms with Gasteiger partial charge in [-0.3, -0.25) is 0 Å². The summed E-state index contributed by atoms with van der Waals surface area (Å²) < 4.78 is 17.4. The number of carbonyl (C=O) groups excluding carboxylic acids is 1. The van der Waals surface area contributed by atoms with Gasteiger partial charge in [0.1, 0.15) is 12.7 Å². The highest BCUT2D eigenvalue weighted by Gasteiger charge is 2.13. The van der Waals surface area contributed by atoms with E-state index in [0.717, 1.165) is 19.4 Å². The summed E-state index contributed by atoms with van der Waals surface area (Å²) in [6.45, 7) is 7.12. The van der Waals surface area contributed by atoms with Crippen LogP contribution in [0.3, 0.4) is 0 Å². The number of rotatable bonds is 42. The van der Waals surface area contributed by atoms with Gasteiger partial charge in [0.15, 0.2) is 0 Å². The van der Waals surface area contributed by atoms with Crippen molar-refractivity contribution in [3.8, 4) is 0 Å². The highest BCUT2D eigenvalue weighted by molar-refractivity contribution is 5.67. The first kappa shape index (κ1) is 48.1. The summed E-state index contributed by atoms with van der Waals surface area (Å²) in [6, 6.07) is 0. The summed E-state index contributed by atoms with van der Waals surface area (Å²) in [4.78, 5) is 12.0. The Morgan fingerprint density at radius 1 is 0.469 bits per heavy atom. The highest BCUT2D eigenvalue weighted by atomic mass is 16.6. The van der Waals surface area contributed by atoms with Crippen LogP contribution in [0.4, 0.5) is 4.79 Å². The summed E-state index contributed by atoms with van der Waals surface area (Å²) in [6.07, 6.45) is 43.4. The van der Waals surface area contributed by atoms with Gasteiger partial charge in [0, 0.05) is 26.4 Å². The van der Waals surface area contributed by atoms with Crippen LogP contribution in [0, 0.1) is 0 Å². The molecule has 0 spiro atoms. The van der Waals surface area contributed by atoms with Crippen molar-refractivity contribution < 1.29 is 24.1 Å². The van der Waals surface area contributed by atoms with Crippen LogP contribution < -0.4 is 5.32 Å². The van der Waals surface area contributed by atoms with Gasteiger partial charge in [0.2, 0.25) is 0 Å². The smallest absolute Gasteiger partial charge is 0.407 e. The lowest BCUT2D eigenvalue weighted by atomic mass is 10.0. The van der Waals surface area contributed by atoms with Crippen molar-refractivity contribution in [2.45, 2.75) is 232 Å². The van der Waals surface area contributed by atoms with Crippen LogP contribution in [0.5, 0.6) is 0 Å². The molecule has 0 radical (unpaired) electrons. The van der Waals surface area contributed by atoms with Gasteiger partial charge in [0.05, 0.1) is 6.61 Å². The molecule has 1 unspecified atom stereocenters. The number of nitrogens with one attached hydrogen (secondary N) is 1. The minimum absolute atomic E-state index is 0.0541. The fourth-order valence-electron chi connectivity index (χ4n) is 6.50. The molecule has 2 N–H and O–H groups in total. The van der Waals surface area contributed by atoms with Crippen LogP contribution in [0.2, 0.25) is 0 Å². The summed E-state index contributed by atoms with van der Waals surface area (Å²) in [5, 5.41) is 11.6. The molecule has 0 bridgehead atoms. The van der Waals surface area contributed by atoms with E-state index in [1.165, 1.54) is 193 Å². The lowest BCUT2D eigenvalue weighted by molar-refractivity contribution is -0.0468. The molecular weight excluding hydrogens is 610 g/mol. The van der Waals surface area contributed by atoms with Crippen molar-refractivity contribution in [1.82, 2.24) is 5.32 Å². The third kappa shape index (κ3) is 41.5. The second-order valence-corrected chi connectivity index (χ2v) is 14.8. The van der Waals surface area contributed by atoms with E-state index < -0.39 is 6.09 Å². The van der Waals surface area contributed by atoms with Gasteiger partial charge in [-0.05, 0) is 19.3 Å². The summed E-state index contributed by atoms with van der Waals surface area (Å²) >= 11 is 0. The monoisotopic (exact) mass is 698 g/mol. The first-order valence-electron chi connectivity index (χ1n) is 21.9. The Morgan fingerprint density at radius 2 is 0.816 bits per heavy atom. The van der Waals surface area contributed by atoms with Gasteiger partial charge < -0.3 is 24.6 Å². The van der Waals surface area contributed by atoms with Crippen LogP contribution in [-0.2, 0) is 14.2 Å². The van der Waals surface area contributed by atoms with E-state index in [4.69, 9.17) is 19.3 Å². The third-order valence-electron chi connectivity index (χ3n) is 9.80. The summed E-state index contributed by atoms with van der Waals surface area (Å²) in [5.41, 5.74) is 0. The van der Waals surface area contributed by atoms with E-state index in [0.29, 0.717) is 26.2 Å². The van der Waals surface area contributed by atoms with E-state index in [-0.39, 0.29) is 19.3 Å². The molecule has 6 nitrogen and oxygen atoms in total. The van der Waals surface area contributed by atoms with Gasteiger partial charge in [-0.2, -0.15) is 0 Å². The van der Waals surface area contributed by atoms with E-state index in [1.807, 2.05) is 0 Å². The molecule has 0 saturated heterocycles. The number of alkyl carbamates (subject to hydrolysis) is 1. The number of unbranched alkanes of at least 4 members (excludes halogenated alkanes) is 30. The molecule has 0 aliphatic heterocycles. The third-order valence-corrected chi connectivity index (χ3v) is 9.80. The molecule has 0 rings (SSSR count). The molecule has 1 amide bonds. The minimum Gasteiger partial charge on any atom is -0.447 e. The number of amides is 1. The average molecular weight is 698 g/mol. The molecule has 49 heavy (non-hydrogen) atoms. The van der Waals surface area contributed by atoms with Crippen LogP contribution in [-0.4, -0.2) is 56.9 Å². The molecular formula is C43H87NO5. The quantitative estimate of drug-likeness (QED) is 0.0621. The topological polar surface area (TPSA) is 77.0 Å². The molecule has 0 aromatic rings. The van der Waals surface area contributed by atoms with Crippen LogP contribution in [0.25, 0.3) is 0 Å². The SMILES string of the molecule is CCCCCCCCCCCCCCCCCCOCC(COC(=O)NCCCO)OCCCCCCCCCCCCCCCCCC.